The van der Waals surface area contributed by atoms with Crippen molar-refractivity contribution in [2.75, 3.05) is 5.32 Å². The number of hydrogen-bond donors (Lipinski definition) is 2. The molecule has 2 aromatic carbocycles. The summed E-state index contributed by atoms with van der Waals surface area (Å²) < 4.78 is 27.7. The average Bonchev–Trinajstić information content (AvgIpc) is 3.23. The average molecular weight is 450 g/mol. The minimum atomic E-state index is -1.19. The van der Waals surface area contributed by atoms with E-state index >= 15 is 0 Å². The van der Waals surface area contributed by atoms with Crippen molar-refractivity contribution in [3.63, 3.8) is 0 Å². The van der Waals surface area contributed by atoms with E-state index in [9.17, 15) is 23.5 Å². The zero-order valence-corrected chi connectivity index (χ0v) is 17.3. The van der Waals surface area contributed by atoms with Crippen molar-refractivity contribution in [2.24, 2.45) is 0 Å². The van der Waals surface area contributed by atoms with Crippen molar-refractivity contribution >= 4 is 29.3 Å². The molecular formula is C24H16F2N2O3S. The van der Waals surface area contributed by atoms with Gasteiger partial charge in [-0.3, -0.25) is 9.78 Å². The number of carboxylic acid groups (broad SMARTS) is 1. The van der Waals surface area contributed by atoms with Crippen LogP contribution in [-0.2, 0) is 6.54 Å². The first-order valence-corrected chi connectivity index (χ1v) is 10.3. The van der Waals surface area contributed by atoms with Crippen molar-refractivity contribution in [3.8, 4) is 21.6 Å². The molecule has 0 radical (unpaired) electrons. The second-order valence-corrected chi connectivity index (χ2v) is 7.95. The number of anilines is 1. The lowest BCUT2D eigenvalue weighted by atomic mass is 9.98. The zero-order chi connectivity index (χ0) is 22.7. The van der Waals surface area contributed by atoms with Crippen LogP contribution in [0, 0.1) is 11.6 Å². The molecule has 2 N–H and O–H groups in total. The van der Waals surface area contributed by atoms with Gasteiger partial charge in [0.05, 0.1) is 10.4 Å². The smallest absolute Gasteiger partial charge is 0.336 e. The van der Waals surface area contributed by atoms with E-state index in [1.165, 1.54) is 23.5 Å². The van der Waals surface area contributed by atoms with Gasteiger partial charge in [-0.25, -0.2) is 13.6 Å². The largest absolute Gasteiger partial charge is 0.478 e. The summed E-state index contributed by atoms with van der Waals surface area (Å²) in [5.74, 6) is -2.57. The summed E-state index contributed by atoms with van der Waals surface area (Å²) in [6.07, 6.45) is 4.00. The van der Waals surface area contributed by atoms with Crippen LogP contribution in [0.4, 0.5) is 14.5 Å². The number of aldehydes is 1. The molecule has 8 heteroatoms. The lowest BCUT2D eigenvalue weighted by molar-refractivity contribution is 0.0697. The summed E-state index contributed by atoms with van der Waals surface area (Å²) >= 11 is 1.24. The molecule has 0 spiro atoms. The molecule has 0 atom stereocenters. The Morgan fingerprint density at radius 3 is 2.50 bits per heavy atom. The van der Waals surface area contributed by atoms with E-state index in [-0.39, 0.29) is 17.7 Å². The molecule has 0 saturated heterocycles. The van der Waals surface area contributed by atoms with Gasteiger partial charge in [0.1, 0.15) is 11.6 Å². The molecule has 2 aromatic heterocycles. The van der Waals surface area contributed by atoms with Gasteiger partial charge in [0.25, 0.3) is 0 Å². The van der Waals surface area contributed by atoms with Gasteiger partial charge in [-0.1, -0.05) is 18.2 Å². The number of nitrogens with zero attached hydrogens (tertiary/aromatic N) is 1. The van der Waals surface area contributed by atoms with Crippen LogP contribution in [0.3, 0.4) is 0 Å². The van der Waals surface area contributed by atoms with Crippen molar-refractivity contribution in [2.45, 2.75) is 6.54 Å². The van der Waals surface area contributed by atoms with Crippen molar-refractivity contribution < 1.29 is 23.5 Å². The third kappa shape index (κ3) is 4.26. The first-order chi connectivity index (χ1) is 15.5. The quantitative estimate of drug-likeness (QED) is 0.344. The number of carbonyl (C=O) groups is 2. The molecule has 2 heterocycles. The van der Waals surface area contributed by atoms with Crippen LogP contribution < -0.4 is 5.32 Å². The van der Waals surface area contributed by atoms with Gasteiger partial charge in [0.2, 0.25) is 0 Å². The van der Waals surface area contributed by atoms with E-state index in [4.69, 9.17) is 0 Å². The van der Waals surface area contributed by atoms with Crippen LogP contribution in [-0.4, -0.2) is 22.3 Å². The van der Waals surface area contributed by atoms with Gasteiger partial charge in [0, 0.05) is 46.2 Å². The monoisotopic (exact) mass is 450 g/mol. The molecule has 0 unspecified atom stereocenters. The Bertz CT molecular complexity index is 1290. The van der Waals surface area contributed by atoms with Crippen LogP contribution in [0.25, 0.3) is 21.6 Å². The number of carbonyl (C=O) groups excluding carboxylic acids is 1. The first-order valence-electron chi connectivity index (χ1n) is 9.52. The molecular weight excluding hydrogens is 434 g/mol. The van der Waals surface area contributed by atoms with E-state index in [0.29, 0.717) is 28.0 Å². The number of nitrogens with one attached hydrogen (secondary N) is 1. The summed E-state index contributed by atoms with van der Waals surface area (Å²) in [6.45, 7) is -0.153. The van der Waals surface area contributed by atoms with Crippen LogP contribution in [0.2, 0.25) is 0 Å². The molecule has 0 saturated carbocycles. The molecule has 4 aromatic rings. The fraction of sp³-hybridized carbons (Fsp3) is 0.0417. The number of hydrogen-bond acceptors (Lipinski definition) is 5. The number of benzene rings is 2. The predicted molar refractivity (Wildman–Crippen MR) is 119 cm³/mol. The fourth-order valence-corrected chi connectivity index (χ4v) is 4.29. The van der Waals surface area contributed by atoms with Gasteiger partial charge in [-0.2, -0.15) is 0 Å². The highest BCUT2D eigenvalue weighted by molar-refractivity contribution is 7.17. The highest BCUT2D eigenvalue weighted by Crippen LogP contribution is 2.38. The highest BCUT2D eigenvalue weighted by Gasteiger charge is 2.19. The summed E-state index contributed by atoms with van der Waals surface area (Å²) in [5.41, 5.74) is 1.87. The minimum absolute atomic E-state index is 0.0392. The lowest BCUT2D eigenvalue weighted by Gasteiger charge is -2.12. The number of halogens is 2. The summed E-state index contributed by atoms with van der Waals surface area (Å²) in [7, 11) is 0. The number of carboxylic acids is 1. The molecule has 0 aliphatic heterocycles. The lowest BCUT2D eigenvalue weighted by Crippen LogP contribution is -2.06. The molecule has 0 fully saturated rings. The minimum Gasteiger partial charge on any atom is -0.478 e. The molecule has 0 aliphatic carbocycles. The van der Waals surface area contributed by atoms with Crippen LogP contribution in [0.15, 0.2) is 67.0 Å². The van der Waals surface area contributed by atoms with Crippen LogP contribution in [0.1, 0.15) is 25.6 Å². The Balaban J connectivity index is 1.69. The zero-order valence-electron chi connectivity index (χ0n) is 16.5. The number of pyridine rings is 1. The van der Waals surface area contributed by atoms with Gasteiger partial charge in [-0.15, -0.1) is 11.3 Å². The second kappa shape index (κ2) is 9.07. The standard InChI is InChI=1S/C24H16F2N2O3S/c25-20-4-1-5-21(26)19(20)12-28-15-6-7-16(18(9-15)24(30)31)17-10-22(32-23(17)13-29)14-3-2-8-27-11-14/h1-11,13,28H,12H2,(H,30,31). The molecule has 0 bridgehead atoms. The Morgan fingerprint density at radius 1 is 1.06 bits per heavy atom. The molecule has 5 nitrogen and oxygen atoms in total. The van der Waals surface area contributed by atoms with E-state index in [1.54, 1.807) is 36.7 Å². The molecule has 0 amide bonds. The summed E-state index contributed by atoms with van der Waals surface area (Å²) in [5, 5.41) is 12.6. The van der Waals surface area contributed by atoms with Gasteiger partial charge < -0.3 is 10.4 Å². The summed E-state index contributed by atoms with van der Waals surface area (Å²) in [6, 6.07) is 13.5. The van der Waals surface area contributed by atoms with Gasteiger partial charge in [-0.05, 0) is 42.0 Å². The fourth-order valence-electron chi connectivity index (χ4n) is 3.31. The number of thiophene rings is 1. The Morgan fingerprint density at radius 2 is 1.84 bits per heavy atom. The first kappa shape index (κ1) is 21.3. The van der Waals surface area contributed by atoms with Crippen LogP contribution in [0.5, 0.6) is 0 Å². The van der Waals surface area contributed by atoms with E-state index in [0.717, 1.165) is 22.6 Å². The number of aromatic carboxylic acids is 1. The van der Waals surface area contributed by atoms with Crippen molar-refractivity contribution in [3.05, 3.63) is 94.6 Å². The number of aromatic nitrogens is 1. The molecule has 4 rings (SSSR count). The Labute approximate surface area is 186 Å². The van der Waals surface area contributed by atoms with E-state index in [2.05, 4.69) is 10.3 Å². The van der Waals surface area contributed by atoms with Crippen LogP contribution >= 0.6 is 11.3 Å². The Kier molecular flexibility index (Phi) is 6.04. The SMILES string of the molecule is O=Cc1sc(-c2cccnc2)cc1-c1ccc(NCc2c(F)cccc2F)cc1C(=O)O. The summed E-state index contributed by atoms with van der Waals surface area (Å²) in [4.78, 5) is 28.9. The maximum Gasteiger partial charge on any atom is 0.336 e. The number of rotatable bonds is 7. The van der Waals surface area contributed by atoms with Crippen molar-refractivity contribution in [1.82, 2.24) is 4.98 Å². The highest BCUT2D eigenvalue weighted by atomic mass is 32.1. The van der Waals surface area contributed by atoms with Gasteiger partial charge in [0.15, 0.2) is 6.29 Å². The molecule has 0 aliphatic rings. The normalized spacial score (nSPS) is 10.7. The maximum absolute atomic E-state index is 13.9. The molecule has 32 heavy (non-hydrogen) atoms. The van der Waals surface area contributed by atoms with Crippen molar-refractivity contribution in [1.29, 1.82) is 0 Å². The Hall–Kier alpha value is -3.91. The molecule has 160 valence electrons. The second-order valence-electron chi connectivity index (χ2n) is 6.87. The van der Waals surface area contributed by atoms with Gasteiger partial charge >= 0.3 is 5.97 Å². The maximum atomic E-state index is 13.9. The van der Waals surface area contributed by atoms with E-state index < -0.39 is 17.6 Å². The third-order valence-electron chi connectivity index (χ3n) is 4.89. The topological polar surface area (TPSA) is 79.3 Å². The predicted octanol–water partition coefficient (Wildman–Crippen LogP) is 5.88. The van der Waals surface area contributed by atoms with E-state index in [1.807, 2.05) is 6.07 Å². The third-order valence-corrected chi connectivity index (χ3v) is 5.99.